The van der Waals surface area contributed by atoms with Crippen molar-refractivity contribution in [3.8, 4) is 23.3 Å². The molecule has 0 amide bonds. The number of ether oxygens (including phenoxy) is 2. The van der Waals surface area contributed by atoms with Gasteiger partial charge in [-0.25, -0.2) is 4.79 Å². The highest BCUT2D eigenvalue weighted by Gasteiger charge is 2.18. The number of carboxylic acid groups (broad SMARTS) is 1. The van der Waals surface area contributed by atoms with Gasteiger partial charge in [-0.2, -0.15) is 5.26 Å². The van der Waals surface area contributed by atoms with Crippen LogP contribution in [0.2, 0.25) is 0 Å². The van der Waals surface area contributed by atoms with Crippen molar-refractivity contribution >= 4 is 21.9 Å². The van der Waals surface area contributed by atoms with E-state index in [0.29, 0.717) is 10.0 Å². The molecule has 0 aliphatic rings. The topological polar surface area (TPSA) is 79.6 Å². The second-order valence-electron chi connectivity index (χ2n) is 4.00. The number of hydrogen-bond donors (Lipinski definition) is 1. The summed E-state index contributed by atoms with van der Waals surface area (Å²) in [5.41, 5.74) is 0.249. The van der Waals surface area contributed by atoms with Crippen molar-refractivity contribution in [3.05, 3.63) is 52.0 Å². The first-order chi connectivity index (χ1) is 10.1. The molecule has 0 saturated carbocycles. The molecule has 21 heavy (non-hydrogen) atoms. The van der Waals surface area contributed by atoms with E-state index in [-0.39, 0.29) is 22.8 Å². The minimum Gasteiger partial charge on any atom is -0.493 e. The van der Waals surface area contributed by atoms with Gasteiger partial charge < -0.3 is 14.6 Å². The average molecular weight is 348 g/mol. The molecular weight excluding hydrogens is 338 g/mol. The van der Waals surface area contributed by atoms with Gasteiger partial charge >= 0.3 is 5.97 Å². The molecule has 0 spiro atoms. The summed E-state index contributed by atoms with van der Waals surface area (Å²) in [6.45, 7) is 0. The Hall–Kier alpha value is -2.52. The van der Waals surface area contributed by atoms with Gasteiger partial charge in [0.05, 0.1) is 12.7 Å². The van der Waals surface area contributed by atoms with Crippen LogP contribution in [-0.4, -0.2) is 18.2 Å². The fourth-order valence-electron chi connectivity index (χ4n) is 1.73. The quantitative estimate of drug-likeness (QED) is 0.909. The summed E-state index contributed by atoms with van der Waals surface area (Å²) in [5.74, 6) is -0.558. The van der Waals surface area contributed by atoms with Gasteiger partial charge in [0, 0.05) is 4.47 Å². The molecule has 6 heteroatoms. The maximum absolute atomic E-state index is 11.3. The zero-order valence-electron chi connectivity index (χ0n) is 11.0. The number of carboxylic acids is 1. The molecule has 0 aliphatic carbocycles. The van der Waals surface area contributed by atoms with E-state index in [1.54, 1.807) is 30.3 Å². The van der Waals surface area contributed by atoms with Crippen molar-refractivity contribution in [1.82, 2.24) is 0 Å². The Morgan fingerprint density at radius 2 is 2.05 bits per heavy atom. The van der Waals surface area contributed by atoms with Gasteiger partial charge in [-0.15, -0.1) is 0 Å². The second kappa shape index (κ2) is 6.29. The summed E-state index contributed by atoms with van der Waals surface area (Å²) in [6, 6.07) is 11.4. The Balaban J connectivity index is 2.56. The standard InChI is InChI=1S/C15H10BrNO4/c1-20-12-4-2-3-11(15(18)19)14(12)21-13-7-10(16)6-5-9(13)8-17/h2-7H,1H3,(H,18,19). The lowest BCUT2D eigenvalue weighted by atomic mass is 10.1. The van der Waals surface area contributed by atoms with Gasteiger partial charge in [-0.05, 0) is 30.3 Å². The van der Waals surface area contributed by atoms with Crippen molar-refractivity contribution in [3.63, 3.8) is 0 Å². The van der Waals surface area contributed by atoms with Crippen molar-refractivity contribution in [2.75, 3.05) is 7.11 Å². The maximum atomic E-state index is 11.3. The number of carbonyl (C=O) groups is 1. The first-order valence-corrected chi connectivity index (χ1v) is 6.64. The summed E-state index contributed by atoms with van der Waals surface area (Å²) in [6.07, 6.45) is 0. The van der Waals surface area contributed by atoms with E-state index in [2.05, 4.69) is 15.9 Å². The van der Waals surface area contributed by atoms with E-state index in [0.717, 1.165) is 0 Å². The molecule has 0 aromatic heterocycles. The predicted molar refractivity (Wildman–Crippen MR) is 78.9 cm³/mol. The number of nitrogens with zero attached hydrogens (tertiary/aromatic N) is 1. The molecule has 0 fully saturated rings. The van der Waals surface area contributed by atoms with E-state index in [4.69, 9.17) is 14.7 Å². The number of nitriles is 1. The zero-order valence-corrected chi connectivity index (χ0v) is 12.5. The molecule has 0 bridgehead atoms. The molecule has 5 nitrogen and oxygen atoms in total. The van der Waals surface area contributed by atoms with Crippen LogP contribution in [0.5, 0.6) is 17.2 Å². The third kappa shape index (κ3) is 3.15. The average Bonchev–Trinajstić information content (AvgIpc) is 2.47. The van der Waals surface area contributed by atoms with E-state index in [1.807, 2.05) is 6.07 Å². The lowest BCUT2D eigenvalue weighted by Crippen LogP contribution is -2.02. The van der Waals surface area contributed by atoms with Crippen LogP contribution in [0.25, 0.3) is 0 Å². The summed E-state index contributed by atoms with van der Waals surface area (Å²) in [4.78, 5) is 11.3. The molecule has 2 aromatic rings. The molecule has 2 aromatic carbocycles. The first kappa shape index (κ1) is 14.9. The summed E-state index contributed by atoms with van der Waals surface area (Å²) >= 11 is 3.28. The van der Waals surface area contributed by atoms with Crippen LogP contribution in [0.3, 0.4) is 0 Å². The highest BCUT2D eigenvalue weighted by Crippen LogP contribution is 2.37. The first-order valence-electron chi connectivity index (χ1n) is 5.84. The van der Waals surface area contributed by atoms with Crippen molar-refractivity contribution in [2.24, 2.45) is 0 Å². The van der Waals surface area contributed by atoms with Crippen LogP contribution in [0.4, 0.5) is 0 Å². The number of benzene rings is 2. The third-order valence-corrected chi connectivity index (χ3v) is 3.20. The molecule has 0 aliphatic heterocycles. The van der Waals surface area contributed by atoms with Crippen LogP contribution in [0, 0.1) is 11.3 Å². The smallest absolute Gasteiger partial charge is 0.339 e. The van der Waals surface area contributed by atoms with Gasteiger partial charge in [0.25, 0.3) is 0 Å². The van der Waals surface area contributed by atoms with Crippen LogP contribution in [0.1, 0.15) is 15.9 Å². The minimum atomic E-state index is -1.14. The monoisotopic (exact) mass is 347 g/mol. The fraction of sp³-hybridized carbons (Fsp3) is 0.0667. The Morgan fingerprint density at radius 3 is 2.67 bits per heavy atom. The second-order valence-corrected chi connectivity index (χ2v) is 4.91. The molecular formula is C15H10BrNO4. The maximum Gasteiger partial charge on any atom is 0.339 e. The Kier molecular flexibility index (Phi) is 4.45. The van der Waals surface area contributed by atoms with E-state index >= 15 is 0 Å². The lowest BCUT2D eigenvalue weighted by molar-refractivity contribution is 0.0693. The normalized spacial score (nSPS) is 9.76. The number of halogens is 1. The molecule has 1 N–H and O–H groups in total. The molecule has 0 atom stereocenters. The minimum absolute atomic E-state index is 0.0433. The van der Waals surface area contributed by atoms with Gasteiger partial charge in [-0.3, -0.25) is 0 Å². The summed E-state index contributed by atoms with van der Waals surface area (Å²) in [7, 11) is 1.42. The number of para-hydroxylation sites is 1. The van der Waals surface area contributed by atoms with E-state index in [9.17, 15) is 9.90 Å². The number of methoxy groups -OCH3 is 1. The van der Waals surface area contributed by atoms with Gasteiger partial charge in [0.15, 0.2) is 11.5 Å². The zero-order chi connectivity index (χ0) is 15.4. The number of aromatic carboxylic acids is 1. The van der Waals surface area contributed by atoms with Crippen LogP contribution >= 0.6 is 15.9 Å². The van der Waals surface area contributed by atoms with E-state index < -0.39 is 5.97 Å². The lowest BCUT2D eigenvalue weighted by Gasteiger charge is -2.13. The SMILES string of the molecule is COc1cccc(C(=O)O)c1Oc1cc(Br)ccc1C#N. The molecule has 106 valence electrons. The van der Waals surface area contributed by atoms with Crippen molar-refractivity contribution in [2.45, 2.75) is 0 Å². The Morgan fingerprint density at radius 1 is 1.29 bits per heavy atom. The molecule has 2 rings (SSSR count). The molecule has 0 unspecified atom stereocenters. The van der Waals surface area contributed by atoms with Crippen molar-refractivity contribution < 1.29 is 19.4 Å². The fourth-order valence-corrected chi connectivity index (χ4v) is 2.07. The van der Waals surface area contributed by atoms with E-state index in [1.165, 1.54) is 13.2 Å². The van der Waals surface area contributed by atoms with Crippen molar-refractivity contribution in [1.29, 1.82) is 5.26 Å². The Bertz CT molecular complexity index is 737. The summed E-state index contributed by atoms with van der Waals surface area (Å²) in [5, 5.41) is 18.3. The van der Waals surface area contributed by atoms with Gasteiger partial charge in [0.1, 0.15) is 17.4 Å². The third-order valence-electron chi connectivity index (χ3n) is 2.71. The van der Waals surface area contributed by atoms with Crippen LogP contribution < -0.4 is 9.47 Å². The van der Waals surface area contributed by atoms with Gasteiger partial charge in [-0.1, -0.05) is 22.0 Å². The predicted octanol–water partition coefficient (Wildman–Crippen LogP) is 3.82. The molecule has 0 radical (unpaired) electrons. The highest BCUT2D eigenvalue weighted by molar-refractivity contribution is 9.10. The molecule has 0 saturated heterocycles. The van der Waals surface area contributed by atoms with Gasteiger partial charge in [0.2, 0.25) is 0 Å². The molecule has 0 heterocycles. The number of rotatable bonds is 4. The Labute approximate surface area is 129 Å². The largest absolute Gasteiger partial charge is 0.493 e. The summed E-state index contributed by atoms with van der Waals surface area (Å²) < 4.78 is 11.5. The van der Waals surface area contributed by atoms with Crippen LogP contribution in [-0.2, 0) is 0 Å². The van der Waals surface area contributed by atoms with Crippen LogP contribution in [0.15, 0.2) is 40.9 Å². The number of hydrogen-bond acceptors (Lipinski definition) is 4. The highest BCUT2D eigenvalue weighted by atomic mass is 79.9.